The fourth-order valence-electron chi connectivity index (χ4n) is 2.17. The molecule has 0 aliphatic heterocycles. The average molecular weight is 446 g/mol. The Balaban J connectivity index is 2.53. The van der Waals surface area contributed by atoms with Crippen LogP contribution in [0.25, 0.3) is 0 Å². The number of halogens is 1. The Labute approximate surface area is 148 Å². The molecule has 0 aliphatic rings. The first-order valence-electron chi connectivity index (χ1n) is 6.80. The molecule has 122 valence electrons. The second kappa shape index (κ2) is 6.83. The van der Waals surface area contributed by atoms with E-state index in [0.717, 1.165) is 9.64 Å². The molecule has 8 heteroatoms. The lowest BCUT2D eigenvalue weighted by Gasteiger charge is -2.23. The molecule has 0 saturated heterocycles. The summed E-state index contributed by atoms with van der Waals surface area (Å²) in [7, 11) is -3.86. The summed E-state index contributed by atoms with van der Waals surface area (Å²) in [6.07, 6.45) is 0. The van der Waals surface area contributed by atoms with Gasteiger partial charge in [0.15, 0.2) is 0 Å². The molecule has 0 aliphatic carbocycles. The molecule has 0 spiro atoms. The highest BCUT2D eigenvalue weighted by Gasteiger charge is 2.26. The largest absolute Gasteiger partial charge is 0.273 e. The van der Waals surface area contributed by atoms with Crippen LogP contribution in [0.1, 0.15) is 12.5 Å². The molecule has 0 radical (unpaired) electrons. The first-order chi connectivity index (χ1) is 10.8. The smallest absolute Gasteiger partial charge is 0.267 e. The van der Waals surface area contributed by atoms with Gasteiger partial charge in [0.1, 0.15) is 0 Å². The molecule has 2 aromatic carbocycles. The van der Waals surface area contributed by atoms with Crippen molar-refractivity contribution < 1.29 is 13.3 Å². The maximum atomic E-state index is 12.8. The van der Waals surface area contributed by atoms with Gasteiger partial charge >= 0.3 is 0 Å². The Morgan fingerprint density at radius 1 is 1.17 bits per heavy atom. The molecule has 23 heavy (non-hydrogen) atoms. The zero-order valence-corrected chi connectivity index (χ0v) is 15.5. The van der Waals surface area contributed by atoms with Gasteiger partial charge in [0, 0.05) is 21.7 Å². The number of rotatable bonds is 5. The van der Waals surface area contributed by atoms with Gasteiger partial charge in [-0.1, -0.05) is 6.07 Å². The highest BCUT2D eigenvalue weighted by molar-refractivity contribution is 14.1. The van der Waals surface area contributed by atoms with E-state index >= 15 is 0 Å². The lowest BCUT2D eigenvalue weighted by molar-refractivity contribution is -0.385. The van der Waals surface area contributed by atoms with E-state index in [1.54, 1.807) is 26.0 Å². The van der Waals surface area contributed by atoms with Crippen molar-refractivity contribution >= 4 is 44.0 Å². The van der Waals surface area contributed by atoms with E-state index in [1.165, 1.54) is 16.4 Å². The Hall–Kier alpha value is -1.68. The molecule has 2 rings (SSSR count). The second-order valence-corrected chi connectivity index (χ2v) is 7.96. The van der Waals surface area contributed by atoms with Crippen molar-refractivity contribution in [3.63, 3.8) is 0 Å². The highest BCUT2D eigenvalue weighted by Crippen LogP contribution is 2.28. The number of nitro benzene ring substituents is 1. The van der Waals surface area contributed by atoms with Crippen LogP contribution in [0.4, 0.5) is 11.4 Å². The minimum atomic E-state index is -3.86. The maximum absolute atomic E-state index is 12.8. The molecule has 0 heterocycles. The lowest BCUT2D eigenvalue weighted by atomic mass is 10.2. The molecule has 0 N–H and O–H groups in total. The molecule has 2 aromatic rings. The fourth-order valence-corrected chi connectivity index (χ4v) is 4.03. The monoisotopic (exact) mass is 446 g/mol. The number of nitrogens with zero attached hydrogens (tertiary/aromatic N) is 2. The van der Waals surface area contributed by atoms with Gasteiger partial charge in [-0.25, -0.2) is 8.42 Å². The first kappa shape index (κ1) is 17.7. The molecule has 0 saturated carbocycles. The van der Waals surface area contributed by atoms with Crippen LogP contribution >= 0.6 is 22.6 Å². The third-order valence-corrected chi connectivity index (χ3v) is 5.99. The van der Waals surface area contributed by atoms with Gasteiger partial charge in [-0.2, -0.15) is 0 Å². The molecule has 6 nitrogen and oxygen atoms in total. The van der Waals surface area contributed by atoms with E-state index in [0.29, 0.717) is 11.3 Å². The van der Waals surface area contributed by atoms with Gasteiger partial charge in [0.2, 0.25) is 0 Å². The molecular formula is C15H15IN2O4S. The van der Waals surface area contributed by atoms with Gasteiger partial charge in [0.25, 0.3) is 15.7 Å². The van der Waals surface area contributed by atoms with Crippen molar-refractivity contribution in [2.45, 2.75) is 18.7 Å². The molecule has 0 unspecified atom stereocenters. The van der Waals surface area contributed by atoms with Crippen LogP contribution in [0.3, 0.4) is 0 Å². The second-order valence-electron chi connectivity index (χ2n) is 4.85. The molecule has 0 amide bonds. The van der Waals surface area contributed by atoms with Crippen LogP contribution < -0.4 is 4.31 Å². The van der Waals surface area contributed by atoms with Crippen molar-refractivity contribution in [2.75, 3.05) is 10.8 Å². The van der Waals surface area contributed by atoms with E-state index in [2.05, 4.69) is 22.6 Å². The molecule has 0 aromatic heterocycles. The Morgan fingerprint density at radius 3 is 2.30 bits per heavy atom. The number of benzene rings is 2. The number of sulfonamides is 1. The molecule has 0 atom stereocenters. The van der Waals surface area contributed by atoms with Crippen LogP contribution in [0.15, 0.2) is 47.4 Å². The van der Waals surface area contributed by atoms with Crippen LogP contribution in [-0.4, -0.2) is 19.9 Å². The molecule has 0 bridgehead atoms. The summed E-state index contributed by atoms with van der Waals surface area (Å²) in [5, 5.41) is 11.0. The number of aryl methyl sites for hydroxylation is 1. The molecule has 0 fully saturated rings. The van der Waals surface area contributed by atoms with Gasteiger partial charge < -0.3 is 0 Å². The van der Waals surface area contributed by atoms with Gasteiger partial charge in [0.05, 0.1) is 15.5 Å². The Kier molecular flexibility index (Phi) is 5.25. The van der Waals surface area contributed by atoms with Crippen LogP contribution in [0, 0.1) is 20.6 Å². The Bertz CT molecular complexity index is 835. The van der Waals surface area contributed by atoms with E-state index in [9.17, 15) is 18.5 Å². The van der Waals surface area contributed by atoms with Gasteiger partial charge in [-0.15, -0.1) is 0 Å². The number of hydrogen-bond acceptors (Lipinski definition) is 4. The van der Waals surface area contributed by atoms with Crippen molar-refractivity contribution in [3.8, 4) is 0 Å². The minimum Gasteiger partial charge on any atom is -0.267 e. The van der Waals surface area contributed by atoms with E-state index in [-0.39, 0.29) is 17.1 Å². The standard InChI is InChI=1S/C15H15IN2O4S/c1-3-17(13-7-5-12(16)6-8-13)23(21,22)14-9-4-11(2)15(10-14)18(19)20/h4-10H,3H2,1-2H3. The number of nitro groups is 1. The van der Waals surface area contributed by atoms with Crippen molar-refractivity contribution in [2.24, 2.45) is 0 Å². The summed E-state index contributed by atoms with van der Waals surface area (Å²) >= 11 is 2.14. The predicted octanol–water partition coefficient (Wildman–Crippen LogP) is 3.72. The van der Waals surface area contributed by atoms with E-state index in [1.807, 2.05) is 12.1 Å². The number of anilines is 1. The maximum Gasteiger partial charge on any atom is 0.273 e. The topological polar surface area (TPSA) is 80.5 Å². The lowest BCUT2D eigenvalue weighted by Crippen LogP contribution is -2.30. The zero-order valence-electron chi connectivity index (χ0n) is 12.6. The van der Waals surface area contributed by atoms with Gasteiger partial charge in [-0.3, -0.25) is 14.4 Å². The quantitative estimate of drug-likeness (QED) is 0.398. The summed E-state index contributed by atoms with van der Waals surface area (Å²) in [6, 6.07) is 11.0. The summed E-state index contributed by atoms with van der Waals surface area (Å²) in [6.45, 7) is 3.52. The van der Waals surface area contributed by atoms with Crippen molar-refractivity contribution in [3.05, 3.63) is 61.7 Å². The average Bonchev–Trinajstić information content (AvgIpc) is 2.49. The van der Waals surface area contributed by atoms with Crippen LogP contribution in [0.2, 0.25) is 0 Å². The fraction of sp³-hybridized carbons (Fsp3) is 0.200. The van der Waals surface area contributed by atoms with Crippen molar-refractivity contribution in [1.29, 1.82) is 0 Å². The molecular weight excluding hydrogens is 431 g/mol. The SMILES string of the molecule is CCN(c1ccc(I)cc1)S(=O)(=O)c1ccc(C)c([N+](=O)[O-])c1. The summed E-state index contributed by atoms with van der Waals surface area (Å²) in [5.41, 5.74) is 0.743. The van der Waals surface area contributed by atoms with E-state index in [4.69, 9.17) is 0 Å². The number of hydrogen-bond donors (Lipinski definition) is 0. The minimum absolute atomic E-state index is 0.0878. The van der Waals surface area contributed by atoms with Crippen LogP contribution in [-0.2, 0) is 10.0 Å². The normalized spacial score (nSPS) is 11.3. The zero-order chi connectivity index (χ0) is 17.2. The van der Waals surface area contributed by atoms with Gasteiger partial charge in [-0.05, 0) is 66.8 Å². The van der Waals surface area contributed by atoms with Crippen molar-refractivity contribution in [1.82, 2.24) is 0 Å². The van der Waals surface area contributed by atoms with Crippen LogP contribution in [0.5, 0.6) is 0 Å². The third-order valence-electron chi connectivity index (χ3n) is 3.37. The van der Waals surface area contributed by atoms with E-state index < -0.39 is 14.9 Å². The summed E-state index contributed by atoms with van der Waals surface area (Å²) < 4.78 is 27.9. The summed E-state index contributed by atoms with van der Waals surface area (Å²) in [5.74, 6) is 0. The predicted molar refractivity (Wildman–Crippen MR) is 97.2 cm³/mol. The highest BCUT2D eigenvalue weighted by atomic mass is 127. The first-order valence-corrected chi connectivity index (χ1v) is 9.32. The summed E-state index contributed by atoms with van der Waals surface area (Å²) in [4.78, 5) is 10.4. The Morgan fingerprint density at radius 2 is 1.78 bits per heavy atom. The third kappa shape index (κ3) is 3.63.